The maximum Gasteiger partial charge on any atom is 0.242 e. The molecule has 0 radical (unpaired) electrons. The number of benzene rings is 2. The van der Waals surface area contributed by atoms with E-state index in [0.717, 1.165) is 17.5 Å². The molecule has 8 heteroatoms. The SMILES string of the molecule is CCCNC(=O)[C@H](CC)N(Cc1ccc(Cl)c(Cl)c1)C(=O)CSCc1cccc(Cl)c1. The fraction of sp³-hybridized carbons (Fsp3) is 0.391. The van der Waals surface area contributed by atoms with Gasteiger partial charge in [-0.15, -0.1) is 11.8 Å². The number of carbonyl (C=O) groups excluding carboxylic acids is 2. The van der Waals surface area contributed by atoms with E-state index in [-0.39, 0.29) is 24.1 Å². The van der Waals surface area contributed by atoms with Gasteiger partial charge in [0.2, 0.25) is 11.8 Å². The molecule has 0 aliphatic heterocycles. The summed E-state index contributed by atoms with van der Waals surface area (Å²) < 4.78 is 0. The molecule has 2 amide bonds. The molecule has 0 saturated carbocycles. The predicted molar refractivity (Wildman–Crippen MR) is 132 cm³/mol. The van der Waals surface area contributed by atoms with Crippen LogP contribution in [0.1, 0.15) is 37.8 Å². The van der Waals surface area contributed by atoms with Crippen LogP contribution >= 0.6 is 46.6 Å². The molecule has 0 unspecified atom stereocenters. The molecular weight excluding hydrogens is 475 g/mol. The van der Waals surface area contributed by atoms with Crippen LogP contribution in [-0.2, 0) is 21.9 Å². The molecular formula is C23H27Cl3N2O2S. The van der Waals surface area contributed by atoms with Crippen LogP contribution in [0.15, 0.2) is 42.5 Å². The van der Waals surface area contributed by atoms with Gasteiger partial charge in [0.25, 0.3) is 0 Å². The molecule has 0 aliphatic carbocycles. The topological polar surface area (TPSA) is 49.4 Å². The van der Waals surface area contributed by atoms with Crippen LogP contribution in [0.5, 0.6) is 0 Å². The zero-order valence-electron chi connectivity index (χ0n) is 17.7. The molecule has 0 fully saturated rings. The van der Waals surface area contributed by atoms with Gasteiger partial charge in [0.15, 0.2) is 0 Å². The highest BCUT2D eigenvalue weighted by Gasteiger charge is 2.28. The van der Waals surface area contributed by atoms with E-state index in [9.17, 15) is 9.59 Å². The summed E-state index contributed by atoms with van der Waals surface area (Å²) in [5.74, 6) is 0.672. The van der Waals surface area contributed by atoms with Crippen LogP contribution in [0, 0.1) is 0 Å². The first-order chi connectivity index (χ1) is 14.8. The highest BCUT2D eigenvalue weighted by Crippen LogP contribution is 2.25. The van der Waals surface area contributed by atoms with Crippen molar-refractivity contribution in [1.29, 1.82) is 0 Å². The van der Waals surface area contributed by atoms with Crippen molar-refractivity contribution in [2.45, 2.75) is 45.0 Å². The monoisotopic (exact) mass is 500 g/mol. The summed E-state index contributed by atoms with van der Waals surface area (Å²) in [6.45, 7) is 4.76. The second-order valence-corrected chi connectivity index (χ2v) is 9.34. The Labute approximate surface area is 203 Å². The molecule has 31 heavy (non-hydrogen) atoms. The minimum absolute atomic E-state index is 0.100. The zero-order chi connectivity index (χ0) is 22.8. The lowest BCUT2D eigenvalue weighted by molar-refractivity contribution is -0.139. The Balaban J connectivity index is 2.14. The van der Waals surface area contributed by atoms with E-state index in [0.29, 0.717) is 33.8 Å². The molecule has 2 aromatic carbocycles. The van der Waals surface area contributed by atoms with Crippen LogP contribution < -0.4 is 5.32 Å². The van der Waals surface area contributed by atoms with E-state index < -0.39 is 6.04 Å². The van der Waals surface area contributed by atoms with Gasteiger partial charge in [0.1, 0.15) is 6.04 Å². The Morgan fingerprint density at radius 1 is 1.03 bits per heavy atom. The van der Waals surface area contributed by atoms with Gasteiger partial charge in [-0.25, -0.2) is 0 Å². The van der Waals surface area contributed by atoms with Crippen molar-refractivity contribution < 1.29 is 9.59 Å². The summed E-state index contributed by atoms with van der Waals surface area (Å²) >= 11 is 19.7. The van der Waals surface area contributed by atoms with Crippen LogP contribution in [0.3, 0.4) is 0 Å². The fourth-order valence-corrected chi connectivity index (χ4v) is 4.48. The standard InChI is InChI=1S/C23H27Cl3N2O2S/c1-3-10-27-23(30)21(4-2)28(13-16-8-9-19(25)20(26)12-16)22(29)15-31-14-17-6-5-7-18(24)11-17/h5-9,11-12,21H,3-4,10,13-15H2,1-2H3,(H,27,30)/t21-/m0/s1. The summed E-state index contributed by atoms with van der Waals surface area (Å²) in [4.78, 5) is 27.6. The first-order valence-electron chi connectivity index (χ1n) is 10.2. The number of rotatable bonds is 11. The molecule has 0 saturated heterocycles. The van der Waals surface area contributed by atoms with Crippen molar-refractivity contribution in [1.82, 2.24) is 10.2 Å². The molecule has 0 bridgehead atoms. The second-order valence-electron chi connectivity index (χ2n) is 7.11. The fourth-order valence-electron chi connectivity index (χ4n) is 3.09. The Morgan fingerprint density at radius 3 is 2.45 bits per heavy atom. The third-order valence-electron chi connectivity index (χ3n) is 4.66. The quantitative estimate of drug-likeness (QED) is 0.398. The third-order valence-corrected chi connectivity index (χ3v) is 6.62. The molecule has 1 atom stereocenters. The van der Waals surface area contributed by atoms with Crippen molar-refractivity contribution in [3.8, 4) is 0 Å². The van der Waals surface area contributed by atoms with Gasteiger partial charge in [0, 0.05) is 23.9 Å². The lowest BCUT2D eigenvalue weighted by Gasteiger charge is -2.30. The number of thioether (sulfide) groups is 1. The summed E-state index contributed by atoms with van der Waals surface area (Å²) in [6, 6.07) is 12.3. The number of amides is 2. The van der Waals surface area contributed by atoms with E-state index in [1.807, 2.05) is 44.2 Å². The van der Waals surface area contributed by atoms with E-state index >= 15 is 0 Å². The molecule has 1 N–H and O–H groups in total. The van der Waals surface area contributed by atoms with Gasteiger partial charge >= 0.3 is 0 Å². The summed E-state index contributed by atoms with van der Waals surface area (Å²) in [5, 5.41) is 4.46. The number of nitrogens with one attached hydrogen (secondary N) is 1. The summed E-state index contributed by atoms with van der Waals surface area (Å²) in [5.41, 5.74) is 1.87. The Hall–Kier alpha value is -1.40. The van der Waals surface area contributed by atoms with Crippen LogP contribution in [-0.4, -0.2) is 35.1 Å². The number of halogens is 3. The molecule has 168 valence electrons. The van der Waals surface area contributed by atoms with Crippen molar-refractivity contribution in [2.75, 3.05) is 12.3 Å². The third kappa shape index (κ3) is 8.23. The average molecular weight is 502 g/mol. The van der Waals surface area contributed by atoms with Crippen molar-refractivity contribution >= 4 is 58.4 Å². The maximum absolute atomic E-state index is 13.2. The number of nitrogens with zero attached hydrogens (tertiary/aromatic N) is 1. The molecule has 0 heterocycles. The van der Waals surface area contributed by atoms with E-state index in [1.165, 1.54) is 11.8 Å². The van der Waals surface area contributed by atoms with Crippen molar-refractivity contribution in [3.63, 3.8) is 0 Å². The molecule has 0 aromatic heterocycles. The van der Waals surface area contributed by atoms with Crippen LogP contribution in [0.25, 0.3) is 0 Å². The number of carbonyl (C=O) groups is 2. The van der Waals surface area contributed by atoms with Gasteiger partial charge in [-0.05, 0) is 48.2 Å². The number of hydrogen-bond acceptors (Lipinski definition) is 3. The lowest BCUT2D eigenvalue weighted by atomic mass is 10.1. The van der Waals surface area contributed by atoms with Crippen LogP contribution in [0.2, 0.25) is 15.1 Å². The number of hydrogen-bond donors (Lipinski definition) is 1. The normalized spacial score (nSPS) is 11.8. The summed E-state index contributed by atoms with van der Waals surface area (Å²) in [7, 11) is 0. The lowest BCUT2D eigenvalue weighted by Crippen LogP contribution is -2.49. The Bertz CT molecular complexity index is 895. The van der Waals surface area contributed by atoms with Crippen LogP contribution in [0.4, 0.5) is 0 Å². The first kappa shape index (κ1) is 25.9. The predicted octanol–water partition coefficient (Wildman–Crippen LogP) is 6.21. The largest absolute Gasteiger partial charge is 0.354 e. The Kier molecular flexibility index (Phi) is 11.0. The molecule has 2 aromatic rings. The highest BCUT2D eigenvalue weighted by atomic mass is 35.5. The van der Waals surface area contributed by atoms with E-state index in [4.69, 9.17) is 34.8 Å². The van der Waals surface area contributed by atoms with Crippen molar-refractivity contribution in [3.05, 3.63) is 68.7 Å². The van der Waals surface area contributed by atoms with E-state index in [2.05, 4.69) is 5.32 Å². The molecule has 2 rings (SSSR count). The van der Waals surface area contributed by atoms with Gasteiger partial charge in [-0.3, -0.25) is 9.59 Å². The molecule has 4 nitrogen and oxygen atoms in total. The van der Waals surface area contributed by atoms with Gasteiger partial charge in [-0.2, -0.15) is 0 Å². The minimum atomic E-state index is -0.555. The zero-order valence-corrected chi connectivity index (χ0v) is 20.8. The highest BCUT2D eigenvalue weighted by molar-refractivity contribution is 7.99. The van der Waals surface area contributed by atoms with Gasteiger partial charge in [0.05, 0.1) is 15.8 Å². The van der Waals surface area contributed by atoms with Gasteiger partial charge in [-0.1, -0.05) is 66.8 Å². The summed E-state index contributed by atoms with van der Waals surface area (Å²) in [6.07, 6.45) is 1.35. The van der Waals surface area contributed by atoms with Gasteiger partial charge < -0.3 is 10.2 Å². The smallest absolute Gasteiger partial charge is 0.242 e. The average Bonchev–Trinajstić information content (AvgIpc) is 2.74. The molecule has 0 spiro atoms. The van der Waals surface area contributed by atoms with Crippen molar-refractivity contribution in [2.24, 2.45) is 0 Å². The van der Waals surface area contributed by atoms with E-state index in [1.54, 1.807) is 17.0 Å². The minimum Gasteiger partial charge on any atom is -0.354 e. The first-order valence-corrected chi connectivity index (χ1v) is 12.5. The molecule has 0 aliphatic rings. The second kappa shape index (κ2) is 13.2. The maximum atomic E-state index is 13.2. The Morgan fingerprint density at radius 2 is 1.81 bits per heavy atom.